The summed E-state index contributed by atoms with van der Waals surface area (Å²) < 4.78 is 45.6. The number of carbonyl (C=O) groups is 1. The number of amides is 1. The molecule has 0 radical (unpaired) electrons. The van der Waals surface area contributed by atoms with E-state index in [-0.39, 0.29) is 17.2 Å². The molecule has 3 rings (SSSR count). The molecule has 0 aromatic heterocycles. The minimum atomic E-state index is -3.85. The van der Waals surface area contributed by atoms with Gasteiger partial charge < -0.3 is 10.1 Å². The number of hydrogen-bond donors (Lipinski definition) is 2. The van der Waals surface area contributed by atoms with E-state index in [4.69, 9.17) is 16.3 Å². The van der Waals surface area contributed by atoms with Crippen molar-refractivity contribution >= 4 is 38.9 Å². The van der Waals surface area contributed by atoms with Crippen LogP contribution in [0, 0.1) is 12.7 Å². The Hall–Kier alpha value is -3.10. The van der Waals surface area contributed by atoms with Crippen LogP contribution >= 0.6 is 11.6 Å². The Morgan fingerprint density at radius 1 is 1.00 bits per heavy atom. The summed E-state index contributed by atoms with van der Waals surface area (Å²) in [5.74, 6) is -0.351. The summed E-state index contributed by atoms with van der Waals surface area (Å²) >= 11 is 5.95. The molecule has 6 nitrogen and oxygen atoms in total. The molecule has 0 aliphatic carbocycles. The van der Waals surface area contributed by atoms with Crippen LogP contribution in [0.5, 0.6) is 5.75 Å². The number of benzene rings is 3. The number of nitrogens with one attached hydrogen (secondary N) is 2. The van der Waals surface area contributed by atoms with Crippen LogP contribution in [-0.4, -0.2) is 20.9 Å². The van der Waals surface area contributed by atoms with Gasteiger partial charge in [0.15, 0.2) is 6.61 Å². The third-order valence-electron chi connectivity index (χ3n) is 4.04. The van der Waals surface area contributed by atoms with E-state index in [2.05, 4.69) is 10.0 Å². The first kappa shape index (κ1) is 21.6. The quantitative estimate of drug-likeness (QED) is 0.553. The summed E-state index contributed by atoms with van der Waals surface area (Å²) in [7, 11) is -3.85. The van der Waals surface area contributed by atoms with Crippen molar-refractivity contribution in [2.75, 3.05) is 16.6 Å². The highest BCUT2D eigenvalue weighted by atomic mass is 35.5. The second kappa shape index (κ2) is 9.15. The van der Waals surface area contributed by atoms with Crippen molar-refractivity contribution in [2.45, 2.75) is 11.8 Å². The van der Waals surface area contributed by atoms with E-state index in [1.54, 1.807) is 18.2 Å². The number of aryl methyl sites for hydroxylation is 1. The summed E-state index contributed by atoms with van der Waals surface area (Å²) in [5, 5.41) is 3.23. The Balaban J connectivity index is 1.58. The van der Waals surface area contributed by atoms with Gasteiger partial charge in [0.05, 0.1) is 4.90 Å². The van der Waals surface area contributed by atoms with Gasteiger partial charge in [-0.15, -0.1) is 0 Å². The lowest BCUT2D eigenvalue weighted by atomic mass is 10.2. The fourth-order valence-corrected chi connectivity index (χ4v) is 3.68. The van der Waals surface area contributed by atoms with E-state index in [0.29, 0.717) is 16.5 Å². The van der Waals surface area contributed by atoms with E-state index >= 15 is 0 Å². The number of sulfonamides is 1. The number of halogens is 2. The number of hydrogen-bond acceptors (Lipinski definition) is 4. The lowest BCUT2D eigenvalue weighted by Gasteiger charge is -2.10. The van der Waals surface area contributed by atoms with Crippen molar-refractivity contribution in [1.29, 1.82) is 0 Å². The topological polar surface area (TPSA) is 84.5 Å². The summed E-state index contributed by atoms with van der Waals surface area (Å²) in [5.41, 5.74) is 1.49. The Kier molecular flexibility index (Phi) is 6.59. The highest BCUT2D eigenvalue weighted by molar-refractivity contribution is 7.92. The molecule has 30 heavy (non-hydrogen) atoms. The van der Waals surface area contributed by atoms with E-state index in [0.717, 1.165) is 17.7 Å². The van der Waals surface area contributed by atoms with Gasteiger partial charge in [-0.3, -0.25) is 9.52 Å². The highest BCUT2D eigenvalue weighted by Crippen LogP contribution is 2.21. The molecule has 0 unspecified atom stereocenters. The van der Waals surface area contributed by atoms with Gasteiger partial charge in [0.2, 0.25) is 0 Å². The SMILES string of the molecule is Cc1cc(OCC(=O)Nc2ccc(S(=O)(=O)Nc3ccc(F)cc3)cc2)ccc1Cl. The second-order valence-electron chi connectivity index (χ2n) is 6.38. The monoisotopic (exact) mass is 448 g/mol. The minimum absolute atomic E-state index is 0.00212. The van der Waals surface area contributed by atoms with Crippen molar-refractivity contribution < 1.29 is 22.3 Å². The molecule has 0 atom stereocenters. The molecule has 0 spiro atoms. The average molecular weight is 449 g/mol. The van der Waals surface area contributed by atoms with Gasteiger partial charge in [-0.05, 0) is 79.2 Å². The first-order valence-corrected chi connectivity index (χ1v) is 10.7. The van der Waals surface area contributed by atoms with Crippen LogP contribution in [0.4, 0.5) is 15.8 Å². The van der Waals surface area contributed by atoms with Crippen molar-refractivity contribution in [2.24, 2.45) is 0 Å². The Morgan fingerprint density at radius 2 is 1.63 bits per heavy atom. The van der Waals surface area contributed by atoms with Gasteiger partial charge in [-0.2, -0.15) is 0 Å². The molecule has 0 bridgehead atoms. The fraction of sp³-hybridized carbons (Fsp3) is 0.0952. The number of carbonyl (C=O) groups excluding carboxylic acids is 1. The normalized spacial score (nSPS) is 11.0. The zero-order valence-electron chi connectivity index (χ0n) is 15.9. The van der Waals surface area contributed by atoms with Crippen molar-refractivity contribution in [3.8, 4) is 5.75 Å². The molecule has 0 fully saturated rings. The van der Waals surface area contributed by atoms with E-state index < -0.39 is 21.7 Å². The molecule has 0 saturated heterocycles. The van der Waals surface area contributed by atoms with Gasteiger partial charge in [-0.25, -0.2) is 12.8 Å². The molecule has 3 aromatic carbocycles. The summed E-state index contributed by atoms with van der Waals surface area (Å²) in [6.45, 7) is 1.61. The van der Waals surface area contributed by atoms with Crippen LogP contribution in [0.1, 0.15) is 5.56 Å². The fourth-order valence-electron chi connectivity index (χ4n) is 2.50. The molecular weight excluding hydrogens is 431 g/mol. The second-order valence-corrected chi connectivity index (χ2v) is 8.47. The maximum atomic E-state index is 13.0. The highest BCUT2D eigenvalue weighted by Gasteiger charge is 2.14. The van der Waals surface area contributed by atoms with Crippen LogP contribution in [-0.2, 0) is 14.8 Å². The predicted octanol–water partition coefficient (Wildman–Crippen LogP) is 4.61. The Labute approximate surface area is 178 Å². The summed E-state index contributed by atoms with van der Waals surface area (Å²) in [6.07, 6.45) is 0. The smallest absolute Gasteiger partial charge is 0.262 e. The summed E-state index contributed by atoms with van der Waals surface area (Å²) in [6, 6.07) is 15.7. The van der Waals surface area contributed by atoms with E-state index in [1.165, 1.54) is 36.4 Å². The zero-order valence-corrected chi connectivity index (χ0v) is 17.4. The standard InChI is InChI=1S/C21H18ClFN2O4S/c1-14-12-18(8-11-20(14)22)29-13-21(26)24-16-6-9-19(10-7-16)30(27,28)25-17-4-2-15(23)3-5-17/h2-12,25H,13H2,1H3,(H,24,26). The maximum Gasteiger partial charge on any atom is 0.262 e. The molecule has 0 aliphatic rings. The van der Waals surface area contributed by atoms with E-state index in [1.807, 2.05) is 6.92 Å². The van der Waals surface area contributed by atoms with Gasteiger partial charge in [0, 0.05) is 16.4 Å². The summed E-state index contributed by atoms with van der Waals surface area (Å²) in [4.78, 5) is 12.1. The van der Waals surface area contributed by atoms with E-state index in [9.17, 15) is 17.6 Å². The van der Waals surface area contributed by atoms with Crippen molar-refractivity contribution in [3.63, 3.8) is 0 Å². The number of rotatable bonds is 7. The van der Waals surface area contributed by atoms with Crippen LogP contribution in [0.25, 0.3) is 0 Å². The largest absolute Gasteiger partial charge is 0.484 e. The minimum Gasteiger partial charge on any atom is -0.484 e. The van der Waals surface area contributed by atoms with Crippen LogP contribution in [0.2, 0.25) is 5.02 Å². The van der Waals surface area contributed by atoms with Gasteiger partial charge in [-0.1, -0.05) is 11.6 Å². The van der Waals surface area contributed by atoms with Gasteiger partial charge in [0.25, 0.3) is 15.9 Å². The maximum absolute atomic E-state index is 13.0. The molecule has 1 amide bonds. The molecule has 0 heterocycles. The molecule has 0 aliphatic heterocycles. The van der Waals surface area contributed by atoms with Crippen molar-refractivity contribution in [1.82, 2.24) is 0 Å². The van der Waals surface area contributed by atoms with Crippen LogP contribution < -0.4 is 14.8 Å². The molecule has 9 heteroatoms. The molecule has 2 N–H and O–H groups in total. The van der Waals surface area contributed by atoms with Crippen molar-refractivity contribution in [3.05, 3.63) is 83.1 Å². The molecule has 0 saturated carbocycles. The molecule has 156 valence electrons. The average Bonchev–Trinajstić information content (AvgIpc) is 2.71. The third kappa shape index (κ3) is 5.71. The first-order valence-electron chi connectivity index (χ1n) is 8.80. The van der Waals surface area contributed by atoms with Gasteiger partial charge in [0.1, 0.15) is 11.6 Å². The molecular formula is C21H18ClFN2O4S. The Morgan fingerprint density at radius 3 is 2.27 bits per heavy atom. The first-order chi connectivity index (χ1) is 14.2. The lowest BCUT2D eigenvalue weighted by molar-refractivity contribution is -0.118. The predicted molar refractivity (Wildman–Crippen MR) is 114 cm³/mol. The third-order valence-corrected chi connectivity index (χ3v) is 5.87. The lowest BCUT2D eigenvalue weighted by Crippen LogP contribution is -2.20. The number of ether oxygens (including phenoxy) is 1. The molecule has 3 aromatic rings. The van der Waals surface area contributed by atoms with Crippen LogP contribution in [0.3, 0.4) is 0 Å². The Bertz CT molecular complexity index is 1150. The number of anilines is 2. The van der Waals surface area contributed by atoms with Gasteiger partial charge >= 0.3 is 0 Å². The zero-order chi connectivity index (χ0) is 21.7. The van der Waals surface area contributed by atoms with Crippen LogP contribution in [0.15, 0.2) is 71.6 Å².